The average Bonchev–Trinajstić information content (AvgIpc) is 4.10. The summed E-state index contributed by atoms with van der Waals surface area (Å²) in [4.78, 5) is 2.42. The second-order valence-corrected chi connectivity index (χ2v) is 18.6. The van der Waals surface area contributed by atoms with Crippen LogP contribution < -0.4 is 4.90 Å². The standard InChI is InChI=1S/C64H39NO2S/c1-2-12-40(13-3-1)41-28-32-47(33-29-41)65(48-34-30-43(31-35-48)50-18-10-20-54-52-16-6-8-22-57(52)67-63(50)54)62-49(36-37-58-61(62)56-38-45-14-4-5-15-46(45)39-59(56)66-58)42-24-26-44(27-25-42)51-19-11-21-55-53-17-7-9-23-60(53)68-64(51)55/h1-39H. The molecular formula is C64H39NO2S. The number of fused-ring (bicyclic) bond motifs is 10. The molecule has 318 valence electrons. The first-order valence-corrected chi connectivity index (χ1v) is 23.9. The van der Waals surface area contributed by atoms with Crippen molar-refractivity contribution < 1.29 is 8.83 Å². The number of para-hydroxylation sites is 2. The Bertz CT molecular complexity index is 4240. The Morgan fingerprint density at radius 3 is 1.68 bits per heavy atom. The zero-order valence-electron chi connectivity index (χ0n) is 36.7. The van der Waals surface area contributed by atoms with Gasteiger partial charge < -0.3 is 13.7 Å². The molecule has 0 atom stereocenters. The van der Waals surface area contributed by atoms with Crippen molar-refractivity contribution in [2.24, 2.45) is 0 Å². The number of thiophene rings is 1. The summed E-state index contributed by atoms with van der Waals surface area (Å²) in [6.45, 7) is 0. The molecule has 0 unspecified atom stereocenters. The van der Waals surface area contributed by atoms with Gasteiger partial charge in [0.15, 0.2) is 0 Å². The van der Waals surface area contributed by atoms with Crippen molar-refractivity contribution >= 4 is 103 Å². The molecule has 0 N–H and O–H groups in total. The normalized spacial score (nSPS) is 11.8. The highest BCUT2D eigenvalue weighted by Crippen LogP contribution is 2.50. The summed E-state index contributed by atoms with van der Waals surface area (Å²) < 4.78 is 16.0. The molecule has 14 rings (SSSR count). The molecule has 0 radical (unpaired) electrons. The molecule has 0 bridgehead atoms. The fraction of sp³-hybridized carbons (Fsp3) is 0. The van der Waals surface area contributed by atoms with Crippen LogP contribution in [0.2, 0.25) is 0 Å². The van der Waals surface area contributed by atoms with Gasteiger partial charge in [0.05, 0.1) is 11.1 Å². The third kappa shape index (κ3) is 6.19. The second-order valence-electron chi connectivity index (χ2n) is 17.6. The lowest BCUT2D eigenvalue weighted by Gasteiger charge is -2.29. The minimum absolute atomic E-state index is 0.834. The molecule has 0 amide bonds. The first-order chi connectivity index (χ1) is 33.7. The van der Waals surface area contributed by atoms with E-state index >= 15 is 0 Å². The minimum Gasteiger partial charge on any atom is -0.456 e. The summed E-state index contributed by atoms with van der Waals surface area (Å²) >= 11 is 1.87. The molecule has 4 heteroatoms. The van der Waals surface area contributed by atoms with Crippen molar-refractivity contribution in [3.05, 3.63) is 237 Å². The summed E-state index contributed by atoms with van der Waals surface area (Å²) in [7, 11) is 0. The van der Waals surface area contributed by atoms with Gasteiger partial charge in [0, 0.05) is 58.8 Å². The predicted octanol–water partition coefficient (Wildman–Crippen LogP) is 19.1. The first-order valence-electron chi connectivity index (χ1n) is 23.1. The van der Waals surface area contributed by atoms with Crippen LogP contribution in [0, 0.1) is 0 Å². The Kier molecular flexibility index (Phi) is 8.76. The zero-order chi connectivity index (χ0) is 44.7. The maximum atomic E-state index is 6.84. The SMILES string of the molecule is c1ccc(-c2ccc(N(c3ccc(-c4cccc5c4oc4ccccc45)cc3)c3c(-c4ccc(-c5cccc6c5sc5ccccc56)cc4)ccc4oc5cc6ccccc6cc5c34)cc2)cc1. The first kappa shape index (κ1) is 38.6. The molecule has 3 heterocycles. The van der Waals surface area contributed by atoms with Gasteiger partial charge in [-0.25, -0.2) is 0 Å². The van der Waals surface area contributed by atoms with Crippen molar-refractivity contribution in [3.8, 4) is 44.5 Å². The Morgan fingerprint density at radius 2 is 0.897 bits per heavy atom. The van der Waals surface area contributed by atoms with Crippen molar-refractivity contribution in [2.45, 2.75) is 0 Å². The van der Waals surface area contributed by atoms with Crippen LogP contribution in [0.5, 0.6) is 0 Å². The number of furan rings is 2. The third-order valence-corrected chi connectivity index (χ3v) is 14.9. The number of hydrogen-bond donors (Lipinski definition) is 0. The van der Waals surface area contributed by atoms with Gasteiger partial charge in [-0.1, -0.05) is 176 Å². The van der Waals surface area contributed by atoms with Gasteiger partial charge in [0.25, 0.3) is 0 Å². The van der Waals surface area contributed by atoms with Crippen LogP contribution in [-0.4, -0.2) is 0 Å². The van der Waals surface area contributed by atoms with Crippen LogP contribution in [0.25, 0.3) is 119 Å². The van der Waals surface area contributed by atoms with Gasteiger partial charge in [-0.3, -0.25) is 0 Å². The highest BCUT2D eigenvalue weighted by molar-refractivity contribution is 7.26. The second kappa shape index (κ2) is 15.5. The Hall–Kier alpha value is -8.70. The predicted molar refractivity (Wildman–Crippen MR) is 288 cm³/mol. The number of rotatable bonds is 7. The van der Waals surface area contributed by atoms with E-state index in [0.29, 0.717) is 0 Å². The third-order valence-electron chi connectivity index (χ3n) is 13.7. The summed E-state index contributed by atoms with van der Waals surface area (Å²) in [5.41, 5.74) is 15.7. The van der Waals surface area contributed by atoms with Crippen LogP contribution in [0.15, 0.2) is 245 Å². The van der Waals surface area contributed by atoms with Crippen molar-refractivity contribution in [1.82, 2.24) is 0 Å². The van der Waals surface area contributed by atoms with Crippen LogP contribution in [0.4, 0.5) is 17.1 Å². The van der Waals surface area contributed by atoms with Crippen LogP contribution in [0.1, 0.15) is 0 Å². The van der Waals surface area contributed by atoms with Gasteiger partial charge in [-0.15, -0.1) is 11.3 Å². The van der Waals surface area contributed by atoms with Crippen molar-refractivity contribution in [1.29, 1.82) is 0 Å². The molecule has 0 aliphatic carbocycles. The highest BCUT2D eigenvalue weighted by Gasteiger charge is 2.25. The van der Waals surface area contributed by atoms with E-state index < -0.39 is 0 Å². The molecule has 0 saturated carbocycles. The van der Waals surface area contributed by atoms with Gasteiger partial charge in [-0.05, 0) is 105 Å². The maximum absolute atomic E-state index is 6.84. The summed E-state index contributed by atoms with van der Waals surface area (Å²) in [6.07, 6.45) is 0. The lowest BCUT2D eigenvalue weighted by Crippen LogP contribution is -2.12. The number of benzene rings is 11. The van der Waals surface area contributed by atoms with Crippen molar-refractivity contribution in [2.75, 3.05) is 4.90 Å². The molecule has 0 saturated heterocycles. The van der Waals surface area contributed by atoms with Gasteiger partial charge in [-0.2, -0.15) is 0 Å². The van der Waals surface area contributed by atoms with E-state index in [-0.39, 0.29) is 0 Å². The lowest BCUT2D eigenvalue weighted by molar-refractivity contribution is 0.669. The van der Waals surface area contributed by atoms with Gasteiger partial charge in [0.2, 0.25) is 0 Å². The number of hydrogen-bond acceptors (Lipinski definition) is 4. The fourth-order valence-electron chi connectivity index (χ4n) is 10.4. The minimum atomic E-state index is 0.834. The van der Waals surface area contributed by atoms with E-state index in [9.17, 15) is 0 Å². The molecule has 11 aromatic carbocycles. The van der Waals surface area contributed by atoms with E-state index in [1.54, 1.807) is 0 Å². The summed E-state index contributed by atoms with van der Waals surface area (Å²) in [6, 6.07) is 85.2. The van der Waals surface area contributed by atoms with E-state index in [4.69, 9.17) is 8.83 Å². The molecule has 14 aromatic rings. The molecule has 3 nitrogen and oxygen atoms in total. The lowest BCUT2D eigenvalue weighted by atomic mass is 9.94. The quantitative estimate of drug-likeness (QED) is 0.160. The summed E-state index contributed by atoms with van der Waals surface area (Å²) in [5, 5.41) is 9.29. The monoisotopic (exact) mass is 885 g/mol. The molecule has 0 spiro atoms. The molecule has 0 aliphatic rings. The van der Waals surface area contributed by atoms with E-state index in [0.717, 1.165) is 94.1 Å². The van der Waals surface area contributed by atoms with Crippen LogP contribution >= 0.6 is 11.3 Å². The average molecular weight is 886 g/mol. The number of nitrogens with zero attached hydrogens (tertiary/aromatic N) is 1. The Labute approximate surface area is 396 Å². The largest absolute Gasteiger partial charge is 0.456 e. The number of anilines is 3. The molecule has 0 fully saturated rings. The topological polar surface area (TPSA) is 29.5 Å². The van der Waals surface area contributed by atoms with E-state index in [1.807, 2.05) is 23.5 Å². The smallest absolute Gasteiger partial charge is 0.143 e. The highest BCUT2D eigenvalue weighted by atomic mass is 32.1. The van der Waals surface area contributed by atoms with Crippen LogP contribution in [0.3, 0.4) is 0 Å². The van der Waals surface area contributed by atoms with Gasteiger partial charge in [0.1, 0.15) is 22.3 Å². The molecule has 3 aromatic heterocycles. The van der Waals surface area contributed by atoms with E-state index in [2.05, 4.69) is 229 Å². The molecule has 0 aliphatic heterocycles. The maximum Gasteiger partial charge on any atom is 0.143 e. The Balaban J connectivity index is 0.989. The van der Waals surface area contributed by atoms with Crippen molar-refractivity contribution in [3.63, 3.8) is 0 Å². The molecular weight excluding hydrogens is 847 g/mol. The Morgan fingerprint density at radius 1 is 0.324 bits per heavy atom. The zero-order valence-corrected chi connectivity index (χ0v) is 37.5. The fourth-order valence-corrected chi connectivity index (χ4v) is 11.6. The summed E-state index contributed by atoms with van der Waals surface area (Å²) in [5.74, 6) is 0. The van der Waals surface area contributed by atoms with Gasteiger partial charge >= 0.3 is 0 Å². The van der Waals surface area contributed by atoms with Crippen LogP contribution in [-0.2, 0) is 0 Å². The molecule has 68 heavy (non-hydrogen) atoms. The van der Waals surface area contributed by atoms with E-state index in [1.165, 1.54) is 42.2 Å².